The Labute approximate surface area is 206 Å². The Morgan fingerprint density at radius 3 is 2.60 bits per heavy atom. The van der Waals surface area contributed by atoms with Crippen LogP contribution in [0, 0.1) is 6.92 Å². The first-order valence-corrected chi connectivity index (χ1v) is 12.3. The number of nitrogens with one attached hydrogen (secondary N) is 3. The third kappa shape index (κ3) is 4.54. The van der Waals surface area contributed by atoms with Crippen LogP contribution in [0.1, 0.15) is 44.2 Å². The molecular weight excluding hydrogens is 446 g/mol. The third-order valence-corrected chi connectivity index (χ3v) is 7.81. The van der Waals surface area contributed by atoms with Crippen molar-refractivity contribution in [3.8, 4) is 0 Å². The van der Waals surface area contributed by atoms with E-state index in [1.807, 2.05) is 16.0 Å². The zero-order valence-corrected chi connectivity index (χ0v) is 21.4. The van der Waals surface area contributed by atoms with E-state index < -0.39 is 18.2 Å². The maximum Gasteiger partial charge on any atom is 0.248 e. The molecule has 2 aliphatic rings. The molecular formula is C26H37N5O4. The molecule has 0 unspecified atom stereocenters. The summed E-state index contributed by atoms with van der Waals surface area (Å²) >= 11 is 0. The lowest BCUT2D eigenvalue weighted by molar-refractivity contribution is -0.141. The first kappa shape index (κ1) is 25.2. The summed E-state index contributed by atoms with van der Waals surface area (Å²) < 4.78 is 5.49. The number of H-pyrrole nitrogens is 1. The largest absolute Gasteiger partial charge is 0.379 e. The quantitative estimate of drug-likeness (QED) is 0.554. The van der Waals surface area contributed by atoms with E-state index in [9.17, 15) is 14.4 Å². The van der Waals surface area contributed by atoms with E-state index in [1.165, 1.54) is 12.7 Å². The molecule has 0 bridgehead atoms. The molecule has 190 valence electrons. The van der Waals surface area contributed by atoms with Crippen LogP contribution in [0.3, 0.4) is 0 Å². The van der Waals surface area contributed by atoms with E-state index in [0.29, 0.717) is 19.5 Å². The Hall–Kier alpha value is -2.91. The first-order valence-electron chi connectivity index (χ1n) is 12.3. The van der Waals surface area contributed by atoms with E-state index in [4.69, 9.17) is 4.74 Å². The number of aromatic amines is 1. The van der Waals surface area contributed by atoms with Crippen LogP contribution >= 0.6 is 0 Å². The molecule has 2 aromatic rings. The number of likely N-dealkylation sites (tertiary alicyclic amines) is 2. The van der Waals surface area contributed by atoms with Crippen LogP contribution < -0.4 is 10.6 Å². The fourth-order valence-corrected chi connectivity index (χ4v) is 5.65. The summed E-state index contributed by atoms with van der Waals surface area (Å²) in [6, 6.07) is 4.82. The van der Waals surface area contributed by atoms with Gasteiger partial charge in [0, 0.05) is 50.1 Å². The maximum absolute atomic E-state index is 13.9. The average molecular weight is 484 g/mol. The van der Waals surface area contributed by atoms with Gasteiger partial charge in [0.15, 0.2) is 0 Å². The van der Waals surface area contributed by atoms with Gasteiger partial charge in [-0.15, -0.1) is 0 Å². The molecule has 4 rings (SSSR count). The minimum Gasteiger partial charge on any atom is -0.379 e. The van der Waals surface area contributed by atoms with Crippen LogP contribution in [-0.2, 0) is 19.1 Å². The van der Waals surface area contributed by atoms with Gasteiger partial charge in [-0.1, -0.05) is 12.1 Å². The normalized spacial score (nSPS) is 24.3. The van der Waals surface area contributed by atoms with Crippen molar-refractivity contribution in [3.63, 3.8) is 0 Å². The summed E-state index contributed by atoms with van der Waals surface area (Å²) in [5.74, 6) is -0.442. The number of hydrogen-bond donors (Lipinski definition) is 3. The number of ether oxygens (including phenoxy) is 1. The zero-order valence-electron chi connectivity index (χ0n) is 21.4. The predicted octanol–water partition coefficient (Wildman–Crippen LogP) is 1.52. The monoisotopic (exact) mass is 483 g/mol. The molecule has 0 spiro atoms. The van der Waals surface area contributed by atoms with Crippen LogP contribution in [0.15, 0.2) is 24.4 Å². The molecule has 0 radical (unpaired) electrons. The highest BCUT2D eigenvalue weighted by atomic mass is 16.5. The highest BCUT2D eigenvalue weighted by Gasteiger charge is 2.53. The number of carbonyl (C=O) groups excluding carboxylic acids is 3. The Morgan fingerprint density at radius 2 is 1.94 bits per heavy atom. The van der Waals surface area contributed by atoms with Gasteiger partial charge in [0.05, 0.1) is 24.2 Å². The Morgan fingerprint density at radius 1 is 1.20 bits per heavy atom. The van der Waals surface area contributed by atoms with E-state index in [1.54, 1.807) is 27.8 Å². The van der Waals surface area contributed by atoms with Gasteiger partial charge in [-0.05, 0) is 51.4 Å². The van der Waals surface area contributed by atoms with Crippen molar-refractivity contribution in [2.75, 3.05) is 27.2 Å². The second-order valence-electron chi connectivity index (χ2n) is 9.89. The zero-order chi connectivity index (χ0) is 25.4. The number of hydrogen-bond acceptors (Lipinski definition) is 5. The molecule has 3 amide bonds. The molecule has 1 aromatic carbocycles. The number of methoxy groups -OCH3 is 1. The number of rotatable bonds is 7. The fraction of sp³-hybridized carbons (Fsp3) is 0.577. The van der Waals surface area contributed by atoms with Gasteiger partial charge in [-0.2, -0.15) is 0 Å². The lowest BCUT2D eigenvalue weighted by Crippen LogP contribution is -2.58. The van der Waals surface area contributed by atoms with Gasteiger partial charge >= 0.3 is 0 Å². The molecule has 2 fully saturated rings. The van der Waals surface area contributed by atoms with Gasteiger partial charge in [0.1, 0.15) is 6.04 Å². The number of carbonyl (C=O) groups is 3. The summed E-state index contributed by atoms with van der Waals surface area (Å²) in [6.07, 6.45) is 2.22. The molecule has 6 atom stereocenters. The number of amides is 3. The van der Waals surface area contributed by atoms with Crippen molar-refractivity contribution >= 4 is 28.6 Å². The SMILES string of the molecule is CN[C@@H](C)C(=O)N[C@H](C(=O)N1CC[C@@H]2[C@H]1[C@@H](c1c[nH]c3cc(C)ccc13)CN2C(C)=O)[C@@H](C)OC. The molecule has 3 N–H and O–H groups in total. The molecule has 0 aliphatic carbocycles. The summed E-state index contributed by atoms with van der Waals surface area (Å²) in [4.78, 5) is 46.3. The van der Waals surface area contributed by atoms with Crippen LogP contribution in [0.25, 0.3) is 10.9 Å². The van der Waals surface area contributed by atoms with Gasteiger partial charge in [-0.25, -0.2) is 0 Å². The van der Waals surface area contributed by atoms with Crippen molar-refractivity contribution in [3.05, 3.63) is 35.5 Å². The minimum atomic E-state index is -0.820. The van der Waals surface area contributed by atoms with Gasteiger partial charge < -0.3 is 30.2 Å². The number of benzene rings is 1. The second kappa shape index (κ2) is 9.99. The lowest BCUT2D eigenvalue weighted by atomic mass is 9.90. The van der Waals surface area contributed by atoms with E-state index in [-0.39, 0.29) is 35.7 Å². The molecule has 3 heterocycles. The number of nitrogens with zero attached hydrogens (tertiary/aromatic N) is 2. The van der Waals surface area contributed by atoms with Crippen molar-refractivity contribution in [2.24, 2.45) is 0 Å². The van der Waals surface area contributed by atoms with Crippen LogP contribution in [-0.4, -0.2) is 90.0 Å². The van der Waals surface area contributed by atoms with E-state index in [2.05, 4.69) is 40.7 Å². The molecule has 9 nitrogen and oxygen atoms in total. The molecule has 35 heavy (non-hydrogen) atoms. The van der Waals surface area contributed by atoms with Crippen molar-refractivity contribution in [1.29, 1.82) is 0 Å². The number of fused-ring (bicyclic) bond motifs is 2. The van der Waals surface area contributed by atoms with E-state index in [0.717, 1.165) is 16.5 Å². The van der Waals surface area contributed by atoms with Gasteiger partial charge in [0.25, 0.3) is 0 Å². The summed E-state index contributed by atoms with van der Waals surface area (Å²) in [7, 11) is 3.24. The Bertz CT molecular complexity index is 1110. The number of likely N-dealkylation sites (N-methyl/N-ethyl adjacent to an activating group) is 1. The Kier molecular flexibility index (Phi) is 7.19. The second-order valence-corrected chi connectivity index (χ2v) is 9.89. The topological polar surface area (TPSA) is 107 Å². The Balaban J connectivity index is 1.69. The average Bonchev–Trinajstić information content (AvgIpc) is 3.54. The standard InChI is InChI=1S/C26H37N5O4/c1-14-7-8-18-19(12-28-21(18)11-14)20-13-31(17(4)32)22-9-10-30(24(20)22)26(34)23(16(3)35-6)29-25(33)15(2)27-5/h7-8,11-12,15-16,20,22-24,27-28H,9-10,13H2,1-6H3,(H,29,33)/t15-,16+,20+,22+,23-,24+/m0/s1. The lowest BCUT2D eigenvalue weighted by Gasteiger charge is -2.34. The number of aryl methyl sites for hydroxylation is 1. The van der Waals surface area contributed by atoms with Crippen LogP contribution in [0.4, 0.5) is 0 Å². The molecule has 1 aromatic heterocycles. The van der Waals surface area contributed by atoms with Crippen molar-refractivity contribution in [2.45, 2.75) is 70.3 Å². The summed E-state index contributed by atoms with van der Waals surface area (Å²) in [5, 5.41) is 6.91. The smallest absolute Gasteiger partial charge is 0.248 e. The fourth-order valence-electron chi connectivity index (χ4n) is 5.65. The highest BCUT2D eigenvalue weighted by molar-refractivity contribution is 5.91. The molecule has 2 saturated heterocycles. The van der Waals surface area contributed by atoms with Gasteiger partial charge in [-0.3, -0.25) is 14.4 Å². The molecule has 2 aliphatic heterocycles. The first-order chi connectivity index (χ1) is 16.7. The van der Waals surface area contributed by atoms with Crippen molar-refractivity contribution in [1.82, 2.24) is 25.4 Å². The highest BCUT2D eigenvalue weighted by Crippen LogP contribution is 2.43. The maximum atomic E-state index is 13.9. The summed E-state index contributed by atoms with van der Waals surface area (Å²) in [6.45, 7) is 8.27. The molecule has 0 saturated carbocycles. The van der Waals surface area contributed by atoms with Crippen LogP contribution in [0.5, 0.6) is 0 Å². The number of aromatic nitrogens is 1. The van der Waals surface area contributed by atoms with Crippen molar-refractivity contribution < 1.29 is 19.1 Å². The predicted molar refractivity (Wildman–Crippen MR) is 134 cm³/mol. The summed E-state index contributed by atoms with van der Waals surface area (Å²) in [5.41, 5.74) is 3.33. The van der Waals surface area contributed by atoms with Crippen LogP contribution in [0.2, 0.25) is 0 Å². The third-order valence-electron chi connectivity index (χ3n) is 7.81. The van der Waals surface area contributed by atoms with E-state index >= 15 is 0 Å². The minimum absolute atomic E-state index is 0.0189. The van der Waals surface area contributed by atoms with Gasteiger partial charge in [0.2, 0.25) is 17.7 Å². The molecule has 9 heteroatoms.